The van der Waals surface area contributed by atoms with Gasteiger partial charge in [0, 0.05) is 25.7 Å². The molecule has 0 aliphatic rings. The largest absolute Gasteiger partial charge is 0.481 e. The van der Waals surface area contributed by atoms with E-state index in [1.54, 1.807) is 13.8 Å². The first-order valence-electron chi connectivity index (χ1n) is 19.9. The van der Waals surface area contributed by atoms with E-state index in [0.29, 0.717) is 32.3 Å². The Labute approximate surface area is 341 Å². The Hall–Kier alpha value is -5.90. The molecule has 0 saturated heterocycles. The van der Waals surface area contributed by atoms with Crippen LogP contribution in [0.3, 0.4) is 0 Å². The molecule has 0 amide bonds. The van der Waals surface area contributed by atoms with Crippen molar-refractivity contribution in [1.82, 2.24) is 0 Å². The van der Waals surface area contributed by atoms with Crippen molar-refractivity contribution in [1.29, 1.82) is 0 Å². The summed E-state index contributed by atoms with van der Waals surface area (Å²) in [6.45, 7) is 5.54. The van der Waals surface area contributed by atoms with Gasteiger partial charge < -0.3 is 20.1 Å². The molecule has 308 valence electrons. The van der Waals surface area contributed by atoms with Crippen LogP contribution in [0.15, 0.2) is 109 Å². The summed E-state index contributed by atoms with van der Waals surface area (Å²) in [6.07, 6.45) is 2.27. The number of esters is 1. The fourth-order valence-corrected chi connectivity index (χ4v) is 6.89. The van der Waals surface area contributed by atoms with E-state index < -0.39 is 23.8 Å². The molecule has 0 heterocycles. The van der Waals surface area contributed by atoms with Crippen LogP contribution < -0.4 is 0 Å². The highest BCUT2D eigenvalue weighted by Crippen LogP contribution is 2.27. The van der Waals surface area contributed by atoms with E-state index in [9.17, 15) is 33.9 Å². The molecule has 4 atom stereocenters. The third kappa shape index (κ3) is 17.5. The third-order valence-corrected chi connectivity index (χ3v) is 9.92. The Morgan fingerprint density at radius 1 is 0.500 bits per heavy atom. The van der Waals surface area contributed by atoms with Crippen LogP contribution in [0.1, 0.15) is 83.3 Å². The Kier molecular flexibility index (Phi) is 19.8. The van der Waals surface area contributed by atoms with Gasteiger partial charge in [0.2, 0.25) is 0 Å². The zero-order chi connectivity index (χ0) is 42.5. The Morgan fingerprint density at radius 2 is 0.862 bits per heavy atom. The Bertz CT molecular complexity index is 1900. The van der Waals surface area contributed by atoms with Crippen LogP contribution in [0.2, 0.25) is 0 Å². The van der Waals surface area contributed by atoms with Crippen molar-refractivity contribution in [3.05, 3.63) is 120 Å². The van der Waals surface area contributed by atoms with Crippen molar-refractivity contribution in [3.8, 4) is 22.3 Å². The minimum Gasteiger partial charge on any atom is -0.481 e. The summed E-state index contributed by atoms with van der Waals surface area (Å²) < 4.78 is 5.10. The predicted molar refractivity (Wildman–Crippen MR) is 223 cm³/mol. The maximum absolute atomic E-state index is 12.3. The number of ether oxygens (including phenoxy) is 1. The molecule has 10 nitrogen and oxygen atoms in total. The number of carbonyl (C=O) groups is 6. The van der Waals surface area contributed by atoms with Crippen molar-refractivity contribution < 1.29 is 48.8 Å². The van der Waals surface area contributed by atoms with Crippen LogP contribution >= 0.6 is 0 Å². The number of ketones is 2. The SMILES string of the molecule is CCOC(=O)[C@H](C)C[C@H](CC(=O)CCC(=O)O)Cc1ccc(-c2ccccc2)cc1.C[C@H](C[C@H](CC(=O)CCC(=O)O)Cc1ccc(-c2ccccc2)cc1)C(=O)O. The van der Waals surface area contributed by atoms with Gasteiger partial charge in [0.05, 0.1) is 31.3 Å². The summed E-state index contributed by atoms with van der Waals surface area (Å²) in [6, 6.07) is 36.4. The summed E-state index contributed by atoms with van der Waals surface area (Å²) >= 11 is 0. The lowest BCUT2D eigenvalue weighted by atomic mass is 9.85. The van der Waals surface area contributed by atoms with E-state index in [4.69, 9.17) is 14.9 Å². The van der Waals surface area contributed by atoms with Gasteiger partial charge in [-0.3, -0.25) is 28.8 Å². The Morgan fingerprint density at radius 3 is 1.21 bits per heavy atom. The van der Waals surface area contributed by atoms with E-state index in [1.807, 2.05) is 91.9 Å². The summed E-state index contributed by atoms with van der Waals surface area (Å²) in [7, 11) is 0. The molecule has 0 unspecified atom stereocenters. The molecular formula is C48H56O10. The molecule has 0 radical (unpaired) electrons. The van der Waals surface area contributed by atoms with E-state index in [0.717, 1.165) is 33.4 Å². The molecule has 58 heavy (non-hydrogen) atoms. The van der Waals surface area contributed by atoms with Crippen LogP contribution in [0.5, 0.6) is 0 Å². The fourth-order valence-electron chi connectivity index (χ4n) is 6.89. The van der Waals surface area contributed by atoms with Gasteiger partial charge in [-0.2, -0.15) is 0 Å². The monoisotopic (exact) mass is 792 g/mol. The minimum atomic E-state index is -1.000. The molecule has 4 rings (SSSR count). The molecule has 0 aromatic heterocycles. The number of rotatable bonds is 23. The summed E-state index contributed by atoms with van der Waals surface area (Å²) in [5.74, 6) is -4.39. The van der Waals surface area contributed by atoms with Crippen LogP contribution in [-0.4, -0.2) is 57.4 Å². The quantitative estimate of drug-likeness (QED) is 0.0615. The summed E-state index contributed by atoms with van der Waals surface area (Å²) in [4.78, 5) is 69.1. The number of aliphatic carboxylic acids is 3. The van der Waals surface area contributed by atoms with Crippen LogP contribution in [-0.2, 0) is 46.3 Å². The standard InChI is InChI=1S/C25H30O5.C23H26O5/c1-3-30-25(29)18(2)15-20(17-23(26)13-14-24(27)28)16-19-9-11-22(12-10-19)21-7-5-4-6-8-21;1-16(23(27)28)13-18(15-21(24)11-12-22(25)26)14-17-7-9-20(10-8-17)19-5-3-2-4-6-19/h4-12,18,20H,3,13-17H2,1-2H3,(H,27,28);2-10,16,18H,11-15H2,1H3,(H,25,26)(H,27,28)/t18-,20+;16-,18+/m11/s1. The number of hydrogen-bond acceptors (Lipinski definition) is 7. The predicted octanol–water partition coefficient (Wildman–Crippen LogP) is 9.37. The molecule has 0 saturated carbocycles. The van der Waals surface area contributed by atoms with Gasteiger partial charge in [-0.25, -0.2) is 0 Å². The normalized spacial score (nSPS) is 12.8. The molecule has 0 fully saturated rings. The molecule has 10 heteroatoms. The van der Waals surface area contributed by atoms with Gasteiger partial charge in [0.25, 0.3) is 0 Å². The number of carboxylic acids is 3. The number of hydrogen-bond donors (Lipinski definition) is 3. The first-order valence-corrected chi connectivity index (χ1v) is 19.9. The third-order valence-electron chi connectivity index (χ3n) is 9.92. The smallest absolute Gasteiger partial charge is 0.308 e. The van der Waals surface area contributed by atoms with E-state index in [-0.39, 0.29) is 73.8 Å². The lowest BCUT2D eigenvalue weighted by Gasteiger charge is -2.20. The average molecular weight is 793 g/mol. The highest BCUT2D eigenvalue weighted by atomic mass is 16.5. The number of carboxylic acid groups (broad SMARTS) is 3. The second kappa shape index (κ2) is 24.7. The van der Waals surface area contributed by atoms with Crippen LogP contribution in [0.25, 0.3) is 22.3 Å². The fraction of sp³-hybridized carbons (Fsp3) is 0.375. The van der Waals surface area contributed by atoms with Crippen molar-refractivity contribution in [2.24, 2.45) is 23.7 Å². The van der Waals surface area contributed by atoms with Gasteiger partial charge in [-0.05, 0) is 77.8 Å². The van der Waals surface area contributed by atoms with Crippen LogP contribution in [0.4, 0.5) is 0 Å². The molecule has 0 spiro atoms. The second-order valence-corrected chi connectivity index (χ2v) is 14.9. The van der Waals surface area contributed by atoms with Gasteiger partial charge in [0.15, 0.2) is 0 Å². The highest BCUT2D eigenvalue weighted by Gasteiger charge is 2.24. The minimum absolute atomic E-state index is 0.0137. The summed E-state index contributed by atoms with van der Waals surface area (Å²) in [5.41, 5.74) is 6.59. The molecule has 0 bridgehead atoms. The van der Waals surface area contributed by atoms with Crippen LogP contribution in [0, 0.1) is 23.7 Å². The molecule has 0 aliphatic heterocycles. The molecule has 4 aromatic carbocycles. The topological polar surface area (TPSA) is 172 Å². The van der Waals surface area contributed by atoms with Crippen molar-refractivity contribution in [2.75, 3.05) is 6.61 Å². The molecule has 4 aromatic rings. The van der Waals surface area contributed by atoms with E-state index in [1.165, 1.54) is 0 Å². The average Bonchev–Trinajstić information content (AvgIpc) is 3.20. The molecule has 3 N–H and O–H groups in total. The van der Waals surface area contributed by atoms with Crippen molar-refractivity contribution in [2.45, 2.75) is 85.0 Å². The lowest BCUT2D eigenvalue weighted by Crippen LogP contribution is -2.21. The number of benzene rings is 4. The first kappa shape index (κ1) is 46.5. The summed E-state index contributed by atoms with van der Waals surface area (Å²) in [5, 5.41) is 26.8. The Balaban J connectivity index is 0.000000311. The lowest BCUT2D eigenvalue weighted by molar-refractivity contribution is -0.148. The van der Waals surface area contributed by atoms with E-state index in [2.05, 4.69) is 24.3 Å². The molecular weight excluding hydrogens is 737 g/mol. The van der Waals surface area contributed by atoms with E-state index >= 15 is 0 Å². The van der Waals surface area contributed by atoms with Gasteiger partial charge >= 0.3 is 23.9 Å². The first-order chi connectivity index (χ1) is 27.7. The van der Waals surface area contributed by atoms with Gasteiger partial charge in [-0.1, -0.05) is 123 Å². The maximum atomic E-state index is 12.3. The maximum Gasteiger partial charge on any atom is 0.308 e. The van der Waals surface area contributed by atoms with Gasteiger partial charge in [-0.15, -0.1) is 0 Å². The zero-order valence-electron chi connectivity index (χ0n) is 33.7. The van der Waals surface area contributed by atoms with Crippen molar-refractivity contribution >= 4 is 35.4 Å². The highest BCUT2D eigenvalue weighted by molar-refractivity contribution is 5.83. The molecule has 0 aliphatic carbocycles. The second-order valence-electron chi connectivity index (χ2n) is 14.9. The number of carbonyl (C=O) groups excluding carboxylic acids is 3. The van der Waals surface area contributed by atoms with Gasteiger partial charge in [0.1, 0.15) is 11.6 Å². The zero-order valence-corrected chi connectivity index (χ0v) is 33.7. The number of Topliss-reactive ketones (excluding diaryl/α,β-unsaturated/α-hetero) is 2. The van der Waals surface area contributed by atoms with Crippen molar-refractivity contribution in [3.63, 3.8) is 0 Å².